The van der Waals surface area contributed by atoms with Crippen molar-refractivity contribution in [1.29, 1.82) is 0 Å². The van der Waals surface area contributed by atoms with E-state index in [1.54, 1.807) is 13.1 Å². The fourth-order valence-electron chi connectivity index (χ4n) is 1.65. The Morgan fingerprint density at radius 1 is 1.50 bits per heavy atom. The Balaban J connectivity index is 0.00000128. The fourth-order valence-corrected chi connectivity index (χ4v) is 1.91. The molecule has 2 rings (SSSR count). The van der Waals surface area contributed by atoms with E-state index in [2.05, 4.69) is 5.32 Å². The molecule has 0 saturated carbocycles. The standard InChI is InChI=1S/C10H10ClF2NO.ClH/c1-14-8-4-15-9-3-5(10(12)13)7(11)2-6(8)9;/h2-3,8,10,14H,4H2,1H3;1H/t8-;/m1./s1. The third-order valence-corrected chi connectivity index (χ3v) is 2.82. The largest absolute Gasteiger partial charge is 0.491 e. The van der Waals surface area contributed by atoms with E-state index in [4.69, 9.17) is 16.3 Å². The van der Waals surface area contributed by atoms with Gasteiger partial charge in [-0.3, -0.25) is 0 Å². The number of nitrogens with one attached hydrogen (secondary N) is 1. The van der Waals surface area contributed by atoms with Crippen LogP contribution in [-0.2, 0) is 0 Å². The van der Waals surface area contributed by atoms with Gasteiger partial charge in [0, 0.05) is 11.1 Å². The third kappa shape index (κ3) is 2.24. The maximum Gasteiger partial charge on any atom is 0.265 e. The van der Waals surface area contributed by atoms with Crippen LogP contribution >= 0.6 is 24.0 Å². The summed E-state index contributed by atoms with van der Waals surface area (Å²) < 4.78 is 30.3. The van der Waals surface area contributed by atoms with Gasteiger partial charge in [0.05, 0.1) is 11.1 Å². The smallest absolute Gasteiger partial charge is 0.265 e. The number of alkyl halides is 2. The van der Waals surface area contributed by atoms with E-state index in [0.717, 1.165) is 5.56 Å². The van der Waals surface area contributed by atoms with Gasteiger partial charge in [0.2, 0.25) is 0 Å². The predicted octanol–water partition coefficient (Wildman–Crippen LogP) is 3.35. The summed E-state index contributed by atoms with van der Waals surface area (Å²) in [4.78, 5) is 0. The second kappa shape index (κ2) is 5.17. The van der Waals surface area contributed by atoms with Crippen molar-refractivity contribution in [3.8, 4) is 5.75 Å². The first-order valence-corrected chi connectivity index (χ1v) is 4.93. The van der Waals surface area contributed by atoms with Crippen LogP contribution in [-0.4, -0.2) is 13.7 Å². The number of benzene rings is 1. The van der Waals surface area contributed by atoms with Crippen LogP contribution in [0.15, 0.2) is 12.1 Å². The van der Waals surface area contributed by atoms with Crippen LogP contribution < -0.4 is 10.1 Å². The molecule has 6 heteroatoms. The molecule has 0 aromatic heterocycles. The Hall–Kier alpha value is -0.580. The van der Waals surface area contributed by atoms with Crippen LogP contribution in [0.25, 0.3) is 0 Å². The highest BCUT2D eigenvalue weighted by Crippen LogP contribution is 2.39. The van der Waals surface area contributed by atoms with E-state index in [1.807, 2.05) is 0 Å². The average Bonchev–Trinajstić information content (AvgIpc) is 2.58. The highest BCUT2D eigenvalue weighted by atomic mass is 35.5. The summed E-state index contributed by atoms with van der Waals surface area (Å²) in [5.74, 6) is 0.494. The topological polar surface area (TPSA) is 21.3 Å². The number of likely N-dealkylation sites (N-methyl/N-ethyl adjacent to an activating group) is 1. The quantitative estimate of drug-likeness (QED) is 0.889. The number of hydrogen-bond donors (Lipinski definition) is 1. The van der Waals surface area contributed by atoms with Gasteiger partial charge in [-0.2, -0.15) is 0 Å². The molecule has 90 valence electrons. The van der Waals surface area contributed by atoms with Crippen molar-refractivity contribution in [2.45, 2.75) is 12.5 Å². The van der Waals surface area contributed by atoms with Gasteiger partial charge in [0.1, 0.15) is 12.4 Å². The molecule has 1 aromatic carbocycles. The SMILES string of the molecule is CN[C@@H]1COc2cc(C(F)F)c(Cl)cc21.Cl. The summed E-state index contributed by atoms with van der Waals surface area (Å²) >= 11 is 5.76. The minimum atomic E-state index is -2.57. The van der Waals surface area contributed by atoms with Crippen LogP contribution in [0.5, 0.6) is 5.75 Å². The minimum absolute atomic E-state index is 0. The van der Waals surface area contributed by atoms with Crippen molar-refractivity contribution in [3.05, 3.63) is 28.3 Å². The second-order valence-corrected chi connectivity index (χ2v) is 3.77. The molecule has 1 atom stereocenters. The maximum absolute atomic E-state index is 12.5. The lowest BCUT2D eigenvalue weighted by molar-refractivity contribution is 0.151. The number of ether oxygens (including phenoxy) is 1. The molecule has 16 heavy (non-hydrogen) atoms. The Kier molecular flexibility index (Phi) is 4.35. The van der Waals surface area contributed by atoms with E-state index in [-0.39, 0.29) is 29.0 Å². The first-order valence-electron chi connectivity index (χ1n) is 4.55. The van der Waals surface area contributed by atoms with Crippen molar-refractivity contribution in [2.24, 2.45) is 0 Å². The highest BCUT2D eigenvalue weighted by Gasteiger charge is 2.26. The van der Waals surface area contributed by atoms with Crippen molar-refractivity contribution in [2.75, 3.05) is 13.7 Å². The Morgan fingerprint density at radius 3 is 2.75 bits per heavy atom. The molecule has 0 aliphatic carbocycles. The molecule has 1 aromatic rings. The summed E-state index contributed by atoms with van der Waals surface area (Å²) in [6.45, 7) is 0.453. The van der Waals surface area contributed by atoms with Crippen LogP contribution in [0.2, 0.25) is 5.02 Å². The third-order valence-electron chi connectivity index (χ3n) is 2.49. The van der Waals surface area contributed by atoms with Gasteiger partial charge in [-0.1, -0.05) is 11.6 Å². The fraction of sp³-hybridized carbons (Fsp3) is 0.400. The highest BCUT2D eigenvalue weighted by molar-refractivity contribution is 6.31. The summed E-state index contributed by atoms with van der Waals surface area (Å²) in [5, 5.41) is 3.12. The molecular formula is C10H11Cl2F2NO. The first kappa shape index (κ1) is 13.5. The zero-order valence-corrected chi connectivity index (χ0v) is 10.0. The molecule has 0 saturated heterocycles. The predicted molar refractivity (Wildman–Crippen MR) is 61.0 cm³/mol. The molecule has 1 aliphatic rings. The van der Waals surface area contributed by atoms with Gasteiger partial charge < -0.3 is 10.1 Å². The van der Waals surface area contributed by atoms with E-state index in [1.165, 1.54) is 6.07 Å². The Bertz CT molecular complexity index is 387. The summed E-state index contributed by atoms with van der Waals surface area (Å²) in [6.07, 6.45) is -2.57. The molecule has 1 N–H and O–H groups in total. The van der Waals surface area contributed by atoms with E-state index in [9.17, 15) is 8.78 Å². The summed E-state index contributed by atoms with van der Waals surface area (Å²) in [7, 11) is 1.79. The van der Waals surface area contributed by atoms with Crippen molar-refractivity contribution >= 4 is 24.0 Å². The molecule has 2 nitrogen and oxygen atoms in total. The van der Waals surface area contributed by atoms with Gasteiger partial charge in [0.25, 0.3) is 6.43 Å². The number of halogens is 4. The van der Waals surface area contributed by atoms with Crippen molar-refractivity contribution < 1.29 is 13.5 Å². The van der Waals surface area contributed by atoms with Gasteiger partial charge in [0.15, 0.2) is 0 Å². The molecular weight excluding hydrogens is 259 g/mol. The average molecular weight is 270 g/mol. The second-order valence-electron chi connectivity index (χ2n) is 3.36. The van der Waals surface area contributed by atoms with E-state index < -0.39 is 6.43 Å². The van der Waals surface area contributed by atoms with Crippen LogP contribution in [0.1, 0.15) is 23.6 Å². The summed E-state index contributed by atoms with van der Waals surface area (Å²) in [6, 6.07) is 2.90. The lowest BCUT2D eigenvalue weighted by Gasteiger charge is -2.08. The van der Waals surface area contributed by atoms with Gasteiger partial charge in [-0.15, -0.1) is 12.4 Å². The molecule has 1 aliphatic heterocycles. The zero-order chi connectivity index (χ0) is 11.0. The molecule has 0 fully saturated rings. The lowest BCUT2D eigenvalue weighted by atomic mass is 10.1. The van der Waals surface area contributed by atoms with E-state index >= 15 is 0 Å². The van der Waals surface area contributed by atoms with Crippen molar-refractivity contribution in [1.82, 2.24) is 5.32 Å². The first-order chi connectivity index (χ1) is 7.13. The monoisotopic (exact) mass is 269 g/mol. The number of fused-ring (bicyclic) bond motifs is 1. The molecule has 0 unspecified atom stereocenters. The van der Waals surface area contributed by atoms with E-state index in [0.29, 0.717) is 12.4 Å². The van der Waals surface area contributed by atoms with Crippen LogP contribution in [0.4, 0.5) is 8.78 Å². The molecule has 0 spiro atoms. The number of hydrogen-bond acceptors (Lipinski definition) is 2. The Labute approximate surface area is 103 Å². The lowest BCUT2D eigenvalue weighted by Crippen LogP contribution is -2.17. The molecule has 0 bridgehead atoms. The Morgan fingerprint density at radius 2 is 2.19 bits per heavy atom. The van der Waals surface area contributed by atoms with Gasteiger partial charge in [-0.05, 0) is 19.2 Å². The van der Waals surface area contributed by atoms with Crippen molar-refractivity contribution in [3.63, 3.8) is 0 Å². The summed E-state index contributed by atoms with van der Waals surface area (Å²) in [5.41, 5.74) is 0.666. The molecule has 0 amide bonds. The normalized spacial score (nSPS) is 17.9. The van der Waals surface area contributed by atoms with Crippen LogP contribution in [0, 0.1) is 0 Å². The van der Waals surface area contributed by atoms with Crippen LogP contribution in [0.3, 0.4) is 0 Å². The van der Waals surface area contributed by atoms with Gasteiger partial charge in [-0.25, -0.2) is 8.78 Å². The maximum atomic E-state index is 12.5. The molecule has 0 radical (unpaired) electrons. The molecule has 1 heterocycles. The zero-order valence-electron chi connectivity index (χ0n) is 8.47. The van der Waals surface area contributed by atoms with Gasteiger partial charge >= 0.3 is 0 Å². The minimum Gasteiger partial charge on any atom is -0.491 e. The number of rotatable bonds is 2.